The zero-order valence-electron chi connectivity index (χ0n) is 10.9. The molecule has 0 bridgehead atoms. The van der Waals surface area contributed by atoms with E-state index in [1.165, 1.54) is 36.5 Å². The van der Waals surface area contributed by atoms with Crippen LogP contribution in [0.4, 0.5) is 17.6 Å². The van der Waals surface area contributed by atoms with Crippen LogP contribution in [0.25, 0.3) is 5.65 Å². The third-order valence-corrected chi connectivity index (χ3v) is 2.83. The van der Waals surface area contributed by atoms with Crippen LogP contribution < -0.4 is 0 Å². The highest BCUT2D eigenvalue weighted by molar-refractivity contribution is 5.46. The predicted octanol–water partition coefficient (Wildman–Crippen LogP) is 3.29. The van der Waals surface area contributed by atoms with Crippen LogP contribution in [0.2, 0.25) is 0 Å². The lowest BCUT2D eigenvalue weighted by molar-refractivity contribution is -0.142. The summed E-state index contributed by atoms with van der Waals surface area (Å²) >= 11 is 0. The first kappa shape index (κ1) is 14.1. The average Bonchev–Trinajstić information content (AvgIpc) is 2.93. The van der Waals surface area contributed by atoms with Gasteiger partial charge in [0.15, 0.2) is 11.3 Å². The van der Waals surface area contributed by atoms with E-state index in [4.69, 9.17) is 0 Å². The van der Waals surface area contributed by atoms with Gasteiger partial charge < -0.3 is 0 Å². The number of alkyl halides is 3. The fourth-order valence-electron chi connectivity index (χ4n) is 1.85. The highest BCUT2D eigenvalue weighted by atomic mass is 19.4. The van der Waals surface area contributed by atoms with Crippen molar-refractivity contribution in [1.29, 1.82) is 0 Å². The quantitative estimate of drug-likeness (QED) is 0.471. The summed E-state index contributed by atoms with van der Waals surface area (Å²) in [5.74, 6) is 4.78. The van der Waals surface area contributed by atoms with Gasteiger partial charge in [0.25, 0.3) is 0 Å². The van der Waals surface area contributed by atoms with Gasteiger partial charge in [0.1, 0.15) is 11.5 Å². The van der Waals surface area contributed by atoms with Crippen LogP contribution >= 0.6 is 0 Å². The minimum atomic E-state index is -4.57. The Bertz CT molecular complexity index is 883. The molecule has 0 saturated heterocycles. The van der Waals surface area contributed by atoms with Crippen molar-refractivity contribution in [3.63, 3.8) is 0 Å². The molecule has 2 heterocycles. The van der Waals surface area contributed by atoms with Crippen LogP contribution in [0.3, 0.4) is 0 Å². The second kappa shape index (κ2) is 5.15. The highest BCUT2D eigenvalue weighted by Gasteiger charge is 2.34. The van der Waals surface area contributed by atoms with Crippen LogP contribution in [0.15, 0.2) is 42.6 Å². The SMILES string of the molecule is Fc1ccc(C#Cc2cc(C(F)(F)F)n3nccc3n2)cc1. The Hall–Kier alpha value is -2.88. The lowest BCUT2D eigenvalue weighted by Gasteiger charge is -2.08. The number of aromatic nitrogens is 3. The third-order valence-electron chi connectivity index (χ3n) is 2.83. The van der Waals surface area contributed by atoms with Crippen molar-refractivity contribution >= 4 is 5.65 Å². The van der Waals surface area contributed by atoms with Crippen molar-refractivity contribution in [2.75, 3.05) is 0 Å². The van der Waals surface area contributed by atoms with Gasteiger partial charge in [-0.2, -0.15) is 18.3 Å². The van der Waals surface area contributed by atoms with Crippen LogP contribution in [0.5, 0.6) is 0 Å². The summed E-state index contributed by atoms with van der Waals surface area (Å²) in [6.45, 7) is 0. The number of benzene rings is 1. The van der Waals surface area contributed by atoms with Gasteiger partial charge in [-0.1, -0.05) is 5.92 Å². The molecule has 7 heteroatoms. The zero-order valence-corrected chi connectivity index (χ0v) is 10.9. The fraction of sp³-hybridized carbons (Fsp3) is 0.0667. The summed E-state index contributed by atoms with van der Waals surface area (Å²) in [5, 5.41) is 3.60. The van der Waals surface area contributed by atoms with E-state index in [0.29, 0.717) is 10.1 Å². The lowest BCUT2D eigenvalue weighted by Crippen LogP contribution is -2.13. The van der Waals surface area contributed by atoms with E-state index in [1.54, 1.807) is 0 Å². The molecule has 1 aromatic carbocycles. The molecule has 0 unspecified atom stereocenters. The summed E-state index contributed by atoms with van der Waals surface area (Å²) in [6, 6.07) is 7.50. The van der Waals surface area contributed by atoms with Gasteiger partial charge >= 0.3 is 6.18 Å². The fourth-order valence-corrected chi connectivity index (χ4v) is 1.85. The summed E-state index contributed by atoms with van der Waals surface area (Å²) in [6.07, 6.45) is -3.34. The number of halogens is 4. The minimum Gasteiger partial charge on any atom is -0.220 e. The van der Waals surface area contributed by atoms with Gasteiger partial charge in [-0.05, 0) is 30.2 Å². The maximum Gasteiger partial charge on any atom is 0.433 e. The molecular formula is C15H7F4N3. The molecule has 0 atom stereocenters. The Labute approximate surface area is 122 Å². The molecule has 0 aliphatic carbocycles. The number of hydrogen-bond acceptors (Lipinski definition) is 2. The number of hydrogen-bond donors (Lipinski definition) is 0. The minimum absolute atomic E-state index is 0.0374. The first-order valence-electron chi connectivity index (χ1n) is 6.13. The predicted molar refractivity (Wildman–Crippen MR) is 70.4 cm³/mol. The maximum absolute atomic E-state index is 13.0. The zero-order chi connectivity index (χ0) is 15.7. The van der Waals surface area contributed by atoms with Gasteiger partial charge in [0, 0.05) is 17.7 Å². The summed E-state index contributed by atoms with van der Waals surface area (Å²) in [4.78, 5) is 3.99. The Morgan fingerprint density at radius 2 is 1.73 bits per heavy atom. The Morgan fingerprint density at radius 1 is 1.00 bits per heavy atom. The Balaban J connectivity index is 2.07. The van der Waals surface area contributed by atoms with E-state index in [-0.39, 0.29) is 11.3 Å². The van der Waals surface area contributed by atoms with Crippen molar-refractivity contribution in [3.8, 4) is 11.8 Å². The van der Waals surface area contributed by atoms with E-state index >= 15 is 0 Å². The first-order chi connectivity index (χ1) is 10.4. The van der Waals surface area contributed by atoms with E-state index < -0.39 is 17.7 Å². The lowest BCUT2D eigenvalue weighted by atomic mass is 10.2. The molecule has 3 nitrogen and oxygen atoms in total. The van der Waals surface area contributed by atoms with Gasteiger partial charge in [0.05, 0.1) is 6.20 Å². The molecule has 0 saturated carbocycles. The van der Waals surface area contributed by atoms with Crippen molar-refractivity contribution in [1.82, 2.24) is 14.6 Å². The molecule has 2 aromatic heterocycles. The topological polar surface area (TPSA) is 30.2 Å². The monoisotopic (exact) mass is 305 g/mol. The highest BCUT2D eigenvalue weighted by Crippen LogP contribution is 2.29. The molecular weight excluding hydrogens is 298 g/mol. The molecule has 0 radical (unpaired) electrons. The molecule has 110 valence electrons. The van der Waals surface area contributed by atoms with Crippen molar-refractivity contribution in [2.24, 2.45) is 0 Å². The van der Waals surface area contributed by atoms with E-state index in [1.807, 2.05) is 0 Å². The van der Waals surface area contributed by atoms with E-state index in [2.05, 4.69) is 21.9 Å². The molecule has 0 aliphatic heterocycles. The summed E-state index contributed by atoms with van der Waals surface area (Å²) in [7, 11) is 0. The first-order valence-corrected chi connectivity index (χ1v) is 6.13. The number of nitrogens with zero attached hydrogens (tertiary/aromatic N) is 3. The molecule has 3 aromatic rings. The van der Waals surface area contributed by atoms with Gasteiger partial charge in [-0.3, -0.25) is 0 Å². The molecule has 0 amide bonds. The van der Waals surface area contributed by atoms with Gasteiger partial charge in [-0.15, -0.1) is 0 Å². The molecule has 0 fully saturated rings. The number of fused-ring (bicyclic) bond motifs is 1. The molecule has 3 rings (SSSR count). The van der Waals surface area contributed by atoms with Crippen LogP contribution in [-0.4, -0.2) is 14.6 Å². The van der Waals surface area contributed by atoms with Crippen LogP contribution in [0.1, 0.15) is 17.0 Å². The van der Waals surface area contributed by atoms with E-state index in [0.717, 1.165) is 6.07 Å². The Morgan fingerprint density at radius 3 is 2.41 bits per heavy atom. The van der Waals surface area contributed by atoms with Gasteiger partial charge in [-0.25, -0.2) is 13.9 Å². The maximum atomic E-state index is 13.0. The molecule has 0 spiro atoms. The van der Waals surface area contributed by atoms with Gasteiger partial charge in [0.2, 0.25) is 0 Å². The largest absolute Gasteiger partial charge is 0.433 e. The van der Waals surface area contributed by atoms with Crippen molar-refractivity contribution < 1.29 is 17.6 Å². The smallest absolute Gasteiger partial charge is 0.220 e. The summed E-state index contributed by atoms with van der Waals surface area (Å²) in [5.41, 5.74) is -0.459. The number of rotatable bonds is 0. The molecule has 0 aliphatic rings. The van der Waals surface area contributed by atoms with Crippen LogP contribution in [0, 0.1) is 17.7 Å². The van der Waals surface area contributed by atoms with E-state index in [9.17, 15) is 17.6 Å². The second-order valence-corrected chi connectivity index (χ2v) is 4.38. The molecule has 0 N–H and O–H groups in total. The third kappa shape index (κ3) is 2.76. The Kier molecular flexibility index (Phi) is 3.29. The van der Waals surface area contributed by atoms with Crippen molar-refractivity contribution in [2.45, 2.75) is 6.18 Å². The standard InChI is InChI=1S/C15H7F4N3/c16-11-4-1-10(2-5-11)3-6-12-9-13(15(17,18)19)22-14(21-12)7-8-20-22/h1-2,4-5,7-9H. The van der Waals surface area contributed by atoms with Crippen molar-refractivity contribution in [3.05, 3.63) is 65.4 Å². The second-order valence-electron chi connectivity index (χ2n) is 4.38. The molecule has 22 heavy (non-hydrogen) atoms. The normalized spacial score (nSPS) is 11.3. The summed E-state index contributed by atoms with van der Waals surface area (Å²) < 4.78 is 52.5. The van der Waals surface area contributed by atoms with Crippen LogP contribution in [-0.2, 0) is 6.18 Å². The average molecular weight is 305 g/mol.